The Balaban J connectivity index is 2.07. The van der Waals surface area contributed by atoms with E-state index in [0.717, 1.165) is 12.8 Å². The van der Waals surface area contributed by atoms with Gasteiger partial charge in [0.15, 0.2) is 0 Å². The molecule has 1 heterocycles. The first-order chi connectivity index (χ1) is 10.1. The monoisotopic (exact) mass is 306 g/mol. The summed E-state index contributed by atoms with van der Waals surface area (Å²) >= 11 is 5.83. The Morgan fingerprint density at radius 2 is 2.43 bits per heavy atom. The molecular weight excluding hydrogens is 292 g/mol. The van der Waals surface area contributed by atoms with Gasteiger partial charge in [-0.25, -0.2) is 0 Å². The largest absolute Gasteiger partial charge is 0.507 e. The number of phenolic OH excluding ortho intramolecular Hbond substituents is 1. The van der Waals surface area contributed by atoms with Gasteiger partial charge in [-0.3, -0.25) is 4.79 Å². The second-order valence-corrected chi connectivity index (χ2v) is 5.15. The van der Waals surface area contributed by atoms with E-state index in [0.29, 0.717) is 23.7 Å². The summed E-state index contributed by atoms with van der Waals surface area (Å²) in [7, 11) is 0. The summed E-state index contributed by atoms with van der Waals surface area (Å²) in [5, 5.41) is 21.9. The van der Waals surface area contributed by atoms with Crippen molar-refractivity contribution in [3.05, 3.63) is 34.4 Å². The van der Waals surface area contributed by atoms with Crippen molar-refractivity contribution in [3.63, 3.8) is 0 Å². The van der Waals surface area contributed by atoms with Gasteiger partial charge in [0, 0.05) is 23.7 Å². The normalized spacial score (nSPS) is 18.3. The molecule has 1 saturated heterocycles. The standard InChI is InChI=1S/C15H15ClN2O3/c16-12-3-4-14(19)10(7-12)6-11(8-17)15(20)18-9-13-2-1-5-21-13/h3-4,6-7,13,19H,1-2,5,9H2,(H,18,20)/b11-6+/t13-/m1/s1. The van der Waals surface area contributed by atoms with Gasteiger partial charge in [-0.05, 0) is 37.1 Å². The maximum atomic E-state index is 12.0. The number of rotatable bonds is 4. The predicted octanol–water partition coefficient (Wildman–Crippen LogP) is 2.25. The molecule has 0 unspecified atom stereocenters. The van der Waals surface area contributed by atoms with E-state index < -0.39 is 5.91 Å². The molecule has 1 atom stereocenters. The molecule has 1 fully saturated rings. The summed E-state index contributed by atoms with van der Waals surface area (Å²) in [6.45, 7) is 1.08. The van der Waals surface area contributed by atoms with Crippen LogP contribution in [0.5, 0.6) is 5.75 Å². The number of nitrogens with zero attached hydrogens (tertiary/aromatic N) is 1. The number of nitrogens with one attached hydrogen (secondary N) is 1. The zero-order valence-corrected chi connectivity index (χ0v) is 12.1. The highest BCUT2D eigenvalue weighted by Crippen LogP contribution is 2.23. The Bertz CT molecular complexity index is 601. The molecule has 0 spiro atoms. The van der Waals surface area contributed by atoms with Crippen LogP contribution in [0.1, 0.15) is 18.4 Å². The summed E-state index contributed by atoms with van der Waals surface area (Å²) in [4.78, 5) is 12.0. The molecule has 1 aliphatic rings. The van der Waals surface area contributed by atoms with Crippen molar-refractivity contribution in [3.8, 4) is 11.8 Å². The Morgan fingerprint density at radius 1 is 1.62 bits per heavy atom. The molecule has 1 aliphatic heterocycles. The summed E-state index contributed by atoms with van der Waals surface area (Å²) in [5.41, 5.74) is 0.233. The van der Waals surface area contributed by atoms with E-state index in [2.05, 4.69) is 5.32 Å². The quantitative estimate of drug-likeness (QED) is 0.660. The first-order valence-electron chi connectivity index (χ1n) is 6.60. The van der Waals surface area contributed by atoms with Gasteiger partial charge in [0.25, 0.3) is 5.91 Å². The number of benzene rings is 1. The van der Waals surface area contributed by atoms with Crippen molar-refractivity contribution in [2.75, 3.05) is 13.2 Å². The summed E-state index contributed by atoms with van der Waals surface area (Å²) < 4.78 is 5.40. The smallest absolute Gasteiger partial charge is 0.262 e. The first-order valence-corrected chi connectivity index (χ1v) is 6.98. The molecule has 0 aromatic heterocycles. The molecule has 2 N–H and O–H groups in total. The molecule has 0 saturated carbocycles. The Morgan fingerprint density at radius 3 is 3.10 bits per heavy atom. The third-order valence-electron chi connectivity index (χ3n) is 3.17. The van der Waals surface area contributed by atoms with Gasteiger partial charge in [-0.2, -0.15) is 5.26 Å². The lowest BCUT2D eigenvalue weighted by Gasteiger charge is -2.10. The van der Waals surface area contributed by atoms with Crippen LogP contribution >= 0.6 is 11.6 Å². The van der Waals surface area contributed by atoms with Crippen LogP contribution in [-0.2, 0) is 9.53 Å². The van der Waals surface area contributed by atoms with Gasteiger partial charge in [-0.15, -0.1) is 0 Å². The molecule has 0 radical (unpaired) electrons. The average molecular weight is 307 g/mol. The van der Waals surface area contributed by atoms with Crippen LogP contribution in [0.2, 0.25) is 5.02 Å². The molecule has 6 heteroatoms. The Kier molecular flexibility index (Phi) is 5.20. The number of amides is 1. The van der Waals surface area contributed by atoms with E-state index >= 15 is 0 Å². The summed E-state index contributed by atoms with van der Waals surface area (Å²) in [6.07, 6.45) is 3.21. The van der Waals surface area contributed by atoms with Crippen LogP contribution in [0.3, 0.4) is 0 Å². The molecule has 21 heavy (non-hydrogen) atoms. The van der Waals surface area contributed by atoms with Gasteiger partial charge in [0.1, 0.15) is 17.4 Å². The van der Waals surface area contributed by atoms with Gasteiger partial charge in [0.2, 0.25) is 0 Å². The number of ether oxygens (including phenoxy) is 1. The van der Waals surface area contributed by atoms with Crippen LogP contribution < -0.4 is 5.32 Å². The van der Waals surface area contributed by atoms with E-state index in [4.69, 9.17) is 21.6 Å². The number of aromatic hydroxyl groups is 1. The van der Waals surface area contributed by atoms with Gasteiger partial charge in [0.05, 0.1) is 6.10 Å². The number of hydrogen-bond acceptors (Lipinski definition) is 4. The molecule has 0 aliphatic carbocycles. The van der Waals surface area contributed by atoms with E-state index in [1.807, 2.05) is 6.07 Å². The maximum Gasteiger partial charge on any atom is 0.262 e. The second-order valence-electron chi connectivity index (χ2n) is 4.72. The Labute approximate surface area is 127 Å². The predicted molar refractivity (Wildman–Crippen MR) is 78.7 cm³/mol. The second kappa shape index (κ2) is 7.11. The molecular formula is C15H15ClN2O3. The lowest BCUT2D eigenvalue weighted by atomic mass is 10.1. The highest BCUT2D eigenvalue weighted by atomic mass is 35.5. The van der Waals surface area contributed by atoms with Crippen molar-refractivity contribution in [2.45, 2.75) is 18.9 Å². The molecule has 0 bridgehead atoms. The SMILES string of the molecule is N#C/C(=C\c1cc(Cl)ccc1O)C(=O)NC[C@H]1CCCO1. The minimum atomic E-state index is -0.493. The third-order valence-corrected chi connectivity index (χ3v) is 3.40. The fraction of sp³-hybridized carbons (Fsp3) is 0.333. The minimum absolute atomic E-state index is 0.00784. The Hall–Kier alpha value is -2.03. The van der Waals surface area contributed by atoms with Gasteiger partial charge in [-0.1, -0.05) is 11.6 Å². The molecule has 1 aromatic carbocycles. The summed E-state index contributed by atoms with van der Waals surface area (Å²) in [5.74, 6) is -0.536. The van der Waals surface area contributed by atoms with E-state index in [1.54, 1.807) is 0 Å². The first kappa shape index (κ1) is 15.4. The molecule has 1 aromatic rings. The van der Waals surface area contributed by atoms with Gasteiger partial charge < -0.3 is 15.2 Å². The van der Waals surface area contributed by atoms with Crippen LogP contribution in [-0.4, -0.2) is 30.3 Å². The highest BCUT2D eigenvalue weighted by Gasteiger charge is 2.17. The fourth-order valence-electron chi connectivity index (χ4n) is 2.05. The van der Waals surface area contributed by atoms with Gasteiger partial charge >= 0.3 is 0 Å². The van der Waals surface area contributed by atoms with E-state index in [-0.39, 0.29) is 17.4 Å². The van der Waals surface area contributed by atoms with Crippen LogP contribution in [0.4, 0.5) is 0 Å². The molecule has 110 valence electrons. The zero-order valence-electron chi connectivity index (χ0n) is 11.3. The molecule has 5 nitrogen and oxygen atoms in total. The number of hydrogen-bond donors (Lipinski definition) is 2. The number of phenols is 1. The third kappa shape index (κ3) is 4.22. The zero-order chi connectivity index (χ0) is 15.2. The number of carbonyl (C=O) groups excluding carboxylic acids is 1. The van der Waals surface area contributed by atoms with Crippen LogP contribution in [0.15, 0.2) is 23.8 Å². The maximum absolute atomic E-state index is 12.0. The van der Waals surface area contributed by atoms with Crippen LogP contribution in [0, 0.1) is 11.3 Å². The van der Waals surface area contributed by atoms with Crippen molar-refractivity contribution in [1.29, 1.82) is 5.26 Å². The number of halogens is 1. The van der Waals surface area contributed by atoms with Crippen molar-refractivity contribution < 1.29 is 14.6 Å². The van der Waals surface area contributed by atoms with Crippen LogP contribution in [0.25, 0.3) is 6.08 Å². The van der Waals surface area contributed by atoms with Crippen molar-refractivity contribution >= 4 is 23.6 Å². The lowest BCUT2D eigenvalue weighted by Crippen LogP contribution is -2.32. The van der Waals surface area contributed by atoms with Crippen molar-refractivity contribution in [2.24, 2.45) is 0 Å². The minimum Gasteiger partial charge on any atom is -0.507 e. The topological polar surface area (TPSA) is 82.3 Å². The number of nitriles is 1. The average Bonchev–Trinajstić information content (AvgIpc) is 2.99. The molecule has 2 rings (SSSR count). The number of carbonyl (C=O) groups is 1. The van der Waals surface area contributed by atoms with Crippen molar-refractivity contribution in [1.82, 2.24) is 5.32 Å². The summed E-state index contributed by atoms with van der Waals surface area (Å²) in [6, 6.07) is 6.25. The highest BCUT2D eigenvalue weighted by molar-refractivity contribution is 6.30. The van der Waals surface area contributed by atoms with E-state index in [1.165, 1.54) is 24.3 Å². The molecule has 1 amide bonds. The van der Waals surface area contributed by atoms with E-state index in [9.17, 15) is 9.90 Å². The lowest BCUT2D eigenvalue weighted by molar-refractivity contribution is -0.117. The fourth-order valence-corrected chi connectivity index (χ4v) is 2.23.